The molecule has 0 bridgehead atoms. The Morgan fingerprint density at radius 2 is 2.11 bits per heavy atom. The molecule has 0 amide bonds. The third-order valence-corrected chi connectivity index (χ3v) is 7.00. The molecule has 188 valence electrons. The van der Waals surface area contributed by atoms with Crippen molar-refractivity contribution < 1.29 is 27.2 Å². The van der Waals surface area contributed by atoms with Crippen LogP contribution in [0.5, 0.6) is 5.75 Å². The predicted octanol–water partition coefficient (Wildman–Crippen LogP) is 3.53. The molecular weight excluding hydrogens is 484 g/mol. The van der Waals surface area contributed by atoms with E-state index in [4.69, 9.17) is 9.26 Å². The van der Waals surface area contributed by atoms with E-state index >= 15 is 0 Å². The molecule has 10 nitrogen and oxygen atoms in total. The van der Waals surface area contributed by atoms with Crippen LogP contribution in [-0.4, -0.2) is 43.5 Å². The zero-order valence-electron chi connectivity index (χ0n) is 20.1. The highest BCUT2D eigenvalue weighted by atomic mass is 32.2. The number of carbonyl (C=O) groups excluding carboxylic acids is 1. The lowest BCUT2D eigenvalue weighted by atomic mass is 9.85. The molecular formula is C25H26N4O6S. The van der Waals surface area contributed by atoms with Gasteiger partial charge in [0.25, 0.3) is 5.89 Å². The van der Waals surface area contributed by atoms with Gasteiger partial charge in [-0.25, -0.2) is 13.1 Å². The minimum Gasteiger partial charge on any atom is -0.490 e. The smallest absolute Gasteiger partial charge is 0.322 e. The molecule has 11 heteroatoms. The third kappa shape index (κ3) is 5.56. The number of nitrogens with zero attached hydrogens (tertiary/aromatic N) is 3. The number of benzene rings is 2. The maximum atomic E-state index is 12.4. The van der Waals surface area contributed by atoms with Crippen molar-refractivity contribution in [3.05, 3.63) is 53.1 Å². The van der Waals surface area contributed by atoms with E-state index in [1.54, 1.807) is 18.2 Å². The van der Waals surface area contributed by atoms with Gasteiger partial charge < -0.3 is 14.0 Å². The van der Waals surface area contributed by atoms with Crippen LogP contribution in [0.3, 0.4) is 0 Å². The SMILES string of the molecule is COC(=O)CS(=O)(=O)N[C@H]1CCCc2c(-c3noc(-c4ccc(OC(C)C)c(C#N)c4)n3)cccc21. The first-order valence-electron chi connectivity index (χ1n) is 11.4. The van der Waals surface area contributed by atoms with Crippen molar-refractivity contribution in [3.8, 4) is 34.7 Å². The first kappa shape index (κ1) is 25.3. The molecule has 0 saturated carbocycles. The fraction of sp³-hybridized carbons (Fsp3) is 0.360. The third-order valence-electron chi connectivity index (χ3n) is 5.74. The van der Waals surface area contributed by atoms with E-state index in [-0.39, 0.29) is 12.0 Å². The molecule has 1 aromatic heterocycles. The summed E-state index contributed by atoms with van der Waals surface area (Å²) in [6, 6.07) is 12.3. The van der Waals surface area contributed by atoms with Crippen molar-refractivity contribution in [2.45, 2.75) is 45.3 Å². The number of ether oxygens (including phenoxy) is 2. The molecule has 0 unspecified atom stereocenters. The second-order valence-electron chi connectivity index (χ2n) is 8.68. The van der Waals surface area contributed by atoms with Crippen LogP contribution in [0.1, 0.15) is 49.4 Å². The standard InChI is InChI=1S/C25H26N4O6S/c1-15(2)34-22-11-10-16(12-17(22)13-26)25-27-24(28-35-25)20-8-4-7-19-18(20)6-5-9-21(19)29-36(31,32)14-23(30)33-3/h4,7-8,10-12,15,21,29H,5-6,9,14H2,1-3H3/t21-/m0/s1. The lowest BCUT2D eigenvalue weighted by Gasteiger charge is -2.27. The largest absolute Gasteiger partial charge is 0.490 e. The van der Waals surface area contributed by atoms with E-state index in [2.05, 4.69) is 25.7 Å². The fourth-order valence-electron chi connectivity index (χ4n) is 4.21. The normalized spacial score (nSPS) is 15.2. The number of nitrogens with one attached hydrogen (secondary N) is 1. The summed E-state index contributed by atoms with van der Waals surface area (Å²) in [4.78, 5) is 16.0. The Labute approximate surface area is 209 Å². The molecule has 3 aromatic rings. The molecule has 0 saturated heterocycles. The quantitative estimate of drug-likeness (QED) is 0.450. The van der Waals surface area contributed by atoms with Gasteiger partial charge in [-0.05, 0) is 62.4 Å². The summed E-state index contributed by atoms with van der Waals surface area (Å²) in [6.45, 7) is 3.77. The van der Waals surface area contributed by atoms with Gasteiger partial charge in [0.2, 0.25) is 15.8 Å². The van der Waals surface area contributed by atoms with Crippen molar-refractivity contribution in [1.82, 2.24) is 14.9 Å². The number of sulfonamides is 1. The molecule has 2 aromatic carbocycles. The minimum atomic E-state index is -3.87. The van der Waals surface area contributed by atoms with Gasteiger partial charge in [-0.2, -0.15) is 10.2 Å². The number of nitriles is 1. The summed E-state index contributed by atoms with van der Waals surface area (Å²) in [5.41, 5.74) is 3.40. The average Bonchev–Trinajstić information content (AvgIpc) is 3.33. The molecule has 1 atom stereocenters. The molecule has 0 fully saturated rings. The Balaban J connectivity index is 1.63. The van der Waals surface area contributed by atoms with E-state index in [0.29, 0.717) is 35.5 Å². The van der Waals surface area contributed by atoms with Crippen molar-refractivity contribution in [2.24, 2.45) is 0 Å². The van der Waals surface area contributed by atoms with Gasteiger partial charge in [0.05, 0.1) is 18.8 Å². The molecule has 1 aliphatic carbocycles. The van der Waals surface area contributed by atoms with Crippen LogP contribution in [0.2, 0.25) is 0 Å². The maximum Gasteiger partial charge on any atom is 0.322 e. The molecule has 1 N–H and O–H groups in total. The lowest BCUT2D eigenvalue weighted by Crippen LogP contribution is -2.35. The number of fused-ring (bicyclic) bond motifs is 1. The molecule has 0 spiro atoms. The summed E-state index contributed by atoms with van der Waals surface area (Å²) in [5, 5.41) is 13.7. The van der Waals surface area contributed by atoms with E-state index in [0.717, 1.165) is 30.2 Å². The number of rotatable bonds is 8. The highest BCUT2D eigenvalue weighted by Gasteiger charge is 2.29. The summed E-state index contributed by atoms with van der Waals surface area (Å²) in [7, 11) is -2.73. The monoisotopic (exact) mass is 510 g/mol. The minimum absolute atomic E-state index is 0.0732. The second-order valence-corrected chi connectivity index (χ2v) is 10.4. The molecule has 0 radical (unpaired) electrons. The fourth-order valence-corrected chi connectivity index (χ4v) is 5.40. The topological polar surface area (TPSA) is 144 Å². The van der Waals surface area contributed by atoms with Crippen molar-refractivity contribution in [1.29, 1.82) is 5.26 Å². The van der Waals surface area contributed by atoms with Crippen LogP contribution in [0.25, 0.3) is 22.8 Å². The number of aromatic nitrogens is 2. The first-order valence-corrected chi connectivity index (χ1v) is 13.1. The molecule has 0 aliphatic heterocycles. The molecule has 1 heterocycles. The Hall–Kier alpha value is -3.75. The van der Waals surface area contributed by atoms with Crippen LogP contribution in [0.15, 0.2) is 40.9 Å². The number of methoxy groups -OCH3 is 1. The molecule has 36 heavy (non-hydrogen) atoms. The van der Waals surface area contributed by atoms with Gasteiger partial charge in [0, 0.05) is 17.2 Å². The van der Waals surface area contributed by atoms with Gasteiger partial charge in [0.1, 0.15) is 11.8 Å². The summed E-state index contributed by atoms with van der Waals surface area (Å²) in [5.74, 6) is -0.472. The Morgan fingerprint density at radius 3 is 2.83 bits per heavy atom. The lowest BCUT2D eigenvalue weighted by molar-refractivity contribution is -0.137. The summed E-state index contributed by atoms with van der Waals surface area (Å²) in [6.07, 6.45) is 1.97. The van der Waals surface area contributed by atoms with Crippen LogP contribution in [-0.2, 0) is 26.0 Å². The number of hydrogen-bond donors (Lipinski definition) is 1. The van der Waals surface area contributed by atoms with E-state index < -0.39 is 27.8 Å². The van der Waals surface area contributed by atoms with Crippen molar-refractivity contribution >= 4 is 16.0 Å². The van der Waals surface area contributed by atoms with Gasteiger partial charge >= 0.3 is 5.97 Å². The molecule has 4 rings (SSSR count). The number of esters is 1. The van der Waals surface area contributed by atoms with Crippen LogP contribution < -0.4 is 9.46 Å². The average molecular weight is 511 g/mol. The second kappa shape index (κ2) is 10.5. The van der Waals surface area contributed by atoms with E-state index in [9.17, 15) is 18.5 Å². The highest BCUT2D eigenvalue weighted by Crippen LogP contribution is 2.36. The van der Waals surface area contributed by atoms with E-state index in [1.807, 2.05) is 32.0 Å². The van der Waals surface area contributed by atoms with Gasteiger partial charge in [0.15, 0.2) is 5.75 Å². The number of hydrogen-bond acceptors (Lipinski definition) is 9. The van der Waals surface area contributed by atoms with Crippen molar-refractivity contribution in [2.75, 3.05) is 12.9 Å². The first-order chi connectivity index (χ1) is 17.2. The Kier molecular flexibility index (Phi) is 7.37. The zero-order valence-corrected chi connectivity index (χ0v) is 21.0. The highest BCUT2D eigenvalue weighted by molar-refractivity contribution is 7.90. The van der Waals surface area contributed by atoms with E-state index in [1.165, 1.54) is 0 Å². The van der Waals surface area contributed by atoms with Crippen LogP contribution in [0.4, 0.5) is 0 Å². The maximum absolute atomic E-state index is 12.4. The summed E-state index contributed by atoms with van der Waals surface area (Å²) >= 11 is 0. The van der Waals surface area contributed by atoms with Crippen LogP contribution in [0, 0.1) is 11.3 Å². The summed E-state index contributed by atoms with van der Waals surface area (Å²) < 4.78 is 43.2. The Bertz CT molecular complexity index is 1420. The molecule has 1 aliphatic rings. The zero-order chi connectivity index (χ0) is 25.9. The number of carbonyl (C=O) groups is 1. The van der Waals surface area contributed by atoms with Crippen molar-refractivity contribution in [3.63, 3.8) is 0 Å². The van der Waals surface area contributed by atoms with Gasteiger partial charge in [-0.1, -0.05) is 23.4 Å². The van der Waals surface area contributed by atoms with Gasteiger partial charge in [-0.15, -0.1) is 0 Å². The predicted molar refractivity (Wildman–Crippen MR) is 130 cm³/mol. The van der Waals surface area contributed by atoms with Gasteiger partial charge in [-0.3, -0.25) is 4.79 Å². The Morgan fingerprint density at radius 1 is 1.31 bits per heavy atom. The van der Waals surface area contributed by atoms with Crippen LogP contribution >= 0.6 is 0 Å².